The Kier molecular flexibility index (Phi) is 4.60. The van der Waals surface area contributed by atoms with E-state index in [1.165, 1.54) is 4.90 Å². The zero-order chi connectivity index (χ0) is 14.9. The molecule has 2 N–H and O–H groups in total. The second kappa shape index (κ2) is 6.06. The van der Waals surface area contributed by atoms with E-state index in [9.17, 15) is 13.6 Å². The zero-order valence-electron chi connectivity index (χ0n) is 11.2. The Balaban J connectivity index is 2.21. The molecule has 0 radical (unpaired) electrons. The molecule has 1 fully saturated rings. The smallest absolute Gasteiger partial charge is 0.256 e. The van der Waals surface area contributed by atoms with Crippen molar-refractivity contribution in [3.8, 4) is 0 Å². The number of amides is 1. The van der Waals surface area contributed by atoms with Crippen molar-refractivity contribution in [3.05, 3.63) is 34.4 Å². The van der Waals surface area contributed by atoms with E-state index < -0.39 is 17.5 Å². The number of piperidine rings is 1. The molecule has 1 aromatic carbocycles. The number of hydrogen-bond acceptors (Lipinski definition) is 2. The van der Waals surface area contributed by atoms with Gasteiger partial charge in [-0.05, 0) is 36.9 Å². The highest BCUT2D eigenvalue weighted by molar-refractivity contribution is 6.30. The minimum Gasteiger partial charge on any atom is -0.338 e. The summed E-state index contributed by atoms with van der Waals surface area (Å²) in [5.41, 5.74) is 5.40. The first-order valence-electron chi connectivity index (χ1n) is 6.58. The third kappa shape index (κ3) is 2.94. The van der Waals surface area contributed by atoms with E-state index in [1.54, 1.807) is 0 Å². The second-order valence-electron chi connectivity index (χ2n) is 5.26. The van der Waals surface area contributed by atoms with E-state index in [0.29, 0.717) is 25.6 Å². The fraction of sp³-hybridized carbons (Fsp3) is 0.500. The summed E-state index contributed by atoms with van der Waals surface area (Å²) in [5, 5.41) is -0.328. The molecule has 1 heterocycles. The molecule has 2 unspecified atom stereocenters. The Morgan fingerprint density at radius 2 is 2.15 bits per heavy atom. The average molecular weight is 303 g/mol. The number of likely N-dealkylation sites (tertiary alicyclic amines) is 1. The molecule has 0 aromatic heterocycles. The van der Waals surface area contributed by atoms with Gasteiger partial charge in [-0.15, -0.1) is 0 Å². The molecule has 1 saturated heterocycles. The maximum absolute atomic E-state index is 13.8. The van der Waals surface area contributed by atoms with Crippen LogP contribution in [0, 0.1) is 23.5 Å². The SMILES string of the molecule is CC1CCN(C(=O)c2cc(F)c(Cl)cc2F)CC1CN. The number of hydrogen-bond donors (Lipinski definition) is 1. The molecule has 1 aliphatic rings. The van der Waals surface area contributed by atoms with Crippen molar-refractivity contribution < 1.29 is 13.6 Å². The molecule has 0 bridgehead atoms. The molecule has 0 spiro atoms. The van der Waals surface area contributed by atoms with Crippen LogP contribution in [-0.4, -0.2) is 30.4 Å². The van der Waals surface area contributed by atoms with Crippen LogP contribution in [0.15, 0.2) is 12.1 Å². The Morgan fingerprint density at radius 3 is 2.80 bits per heavy atom. The van der Waals surface area contributed by atoms with Crippen LogP contribution in [-0.2, 0) is 0 Å². The maximum atomic E-state index is 13.8. The number of benzene rings is 1. The van der Waals surface area contributed by atoms with Crippen molar-refractivity contribution in [2.75, 3.05) is 19.6 Å². The Morgan fingerprint density at radius 1 is 1.45 bits per heavy atom. The summed E-state index contributed by atoms with van der Waals surface area (Å²) >= 11 is 5.48. The zero-order valence-corrected chi connectivity index (χ0v) is 12.0. The molecule has 6 heteroatoms. The van der Waals surface area contributed by atoms with Gasteiger partial charge >= 0.3 is 0 Å². The van der Waals surface area contributed by atoms with E-state index in [0.717, 1.165) is 18.6 Å². The molecule has 2 atom stereocenters. The van der Waals surface area contributed by atoms with Crippen LogP contribution in [0.5, 0.6) is 0 Å². The second-order valence-corrected chi connectivity index (χ2v) is 5.67. The number of nitrogens with zero attached hydrogens (tertiary/aromatic N) is 1. The van der Waals surface area contributed by atoms with Crippen molar-refractivity contribution in [2.45, 2.75) is 13.3 Å². The predicted molar refractivity (Wildman–Crippen MR) is 73.6 cm³/mol. The number of carbonyl (C=O) groups is 1. The van der Waals surface area contributed by atoms with E-state index in [4.69, 9.17) is 17.3 Å². The fourth-order valence-corrected chi connectivity index (χ4v) is 2.65. The molecule has 3 nitrogen and oxygen atoms in total. The van der Waals surface area contributed by atoms with Gasteiger partial charge in [-0.3, -0.25) is 4.79 Å². The van der Waals surface area contributed by atoms with Crippen LogP contribution in [0.4, 0.5) is 8.78 Å². The standard InChI is InChI=1S/C14H17ClF2N2O/c1-8-2-3-19(7-9(8)6-18)14(20)10-4-13(17)11(15)5-12(10)16/h4-5,8-9H,2-3,6-7,18H2,1H3. The lowest BCUT2D eigenvalue weighted by molar-refractivity contribution is 0.0613. The van der Waals surface area contributed by atoms with Crippen LogP contribution in [0.3, 0.4) is 0 Å². The predicted octanol–water partition coefficient (Wildman–Crippen LogP) is 2.68. The lowest BCUT2D eigenvalue weighted by Crippen LogP contribution is -2.45. The van der Waals surface area contributed by atoms with Crippen LogP contribution in [0.25, 0.3) is 0 Å². The van der Waals surface area contributed by atoms with Gasteiger partial charge < -0.3 is 10.6 Å². The van der Waals surface area contributed by atoms with E-state index in [-0.39, 0.29) is 16.5 Å². The fourth-order valence-electron chi connectivity index (χ4n) is 2.50. The summed E-state index contributed by atoms with van der Waals surface area (Å²) in [7, 11) is 0. The number of nitrogens with two attached hydrogens (primary N) is 1. The molecule has 20 heavy (non-hydrogen) atoms. The third-order valence-corrected chi connectivity index (χ3v) is 4.23. The van der Waals surface area contributed by atoms with Crippen LogP contribution < -0.4 is 5.73 Å². The molecule has 1 amide bonds. The summed E-state index contributed by atoms with van der Waals surface area (Å²) in [5.74, 6) is -1.49. The molecule has 1 aromatic rings. The largest absolute Gasteiger partial charge is 0.338 e. The molecule has 2 rings (SSSR count). The van der Waals surface area contributed by atoms with Crippen molar-refractivity contribution >= 4 is 17.5 Å². The van der Waals surface area contributed by atoms with Crippen molar-refractivity contribution in [1.82, 2.24) is 4.90 Å². The minimum atomic E-state index is -0.802. The molecule has 0 saturated carbocycles. The highest BCUT2D eigenvalue weighted by Crippen LogP contribution is 2.25. The lowest BCUT2D eigenvalue weighted by atomic mass is 9.87. The van der Waals surface area contributed by atoms with Crippen molar-refractivity contribution in [3.63, 3.8) is 0 Å². The van der Waals surface area contributed by atoms with Gasteiger partial charge in [0.25, 0.3) is 5.91 Å². The van der Waals surface area contributed by atoms with Gasteiger partial charge in [0, 0.05) is 13.1 Å². The molecule has 0 aliphatic carbocycles. The summed E-state index contributed by atoms with van der Waals surface area (Å²) in [6.45, 7) is 3.56. The van der Waals surface area contributed by atoms with Crippen molar-refractivity contribution in [2.24, 2.45) is 17.6 Å². The van der Waals surface area contributed by atoms with E-state index >= 15 is 0 Å². The van der Waals surface area contributed by atoms with E-state index in [1.807, 2.05) is 0 Å². The van der Waals surface area contributed by atoms with Gasteiger partial charge in [0.2, 0.25) is 0 Å². The highest BCUT2D eigenvalue weighted by atomic mass is 35.5. The summed E-state index contributed by atoms with van der Waals surface area (Å²) in [6, 6.07) is 1.69. The van der Waals surface area contributed by atoms with Gasteiger partial charge in [-0.25, -0.2) is 8.78 Å². The highest BCUT2D eigenvalue weighted by Gasteiger charge is 2.30. The Labute approximate surface area is 121 Å². The van der Waals surface area contributed by atoms with Crippen LogP contribution in [0.2, 0.25) is 5.02 Å². The first kappa shape index (κ1) is 15.2. The molecular weight excluding hydrogens is 286 g/mol. The minimum absolute atomic E-state index is 0.188. The first-order valence-corrected chi connectivity index (χ1v) is 6.95. The molecule has 110 valence electrons. The summed E-state index contributed by atoms with van der Waals surface area (Å²) in [4.78, 5) is 13.8. The quantitative estimate of drug-likeness (QED) is 0.854. The molecular formula is C14H17ClF2N2O. The van der Waals surface area contributed by atoms with Crippen molar-refractivity contribution in [1.29, 1.82) is 0 Å². The topological polar surface area (TPSA) is 46.3 Å². The van der Waals surface area contributed by atoms with E-state index in [2.05, 4.69) is 6.92 Å². The summed E-state index contributed by atoms with van der Waals surface area (Å²) < 4.78 is 27.2. The van der Waals surface area contributed by atoms with Gasteiger partial charge in [-0.1, -0.05) is 18.5 Å². The average Bonchev–Trinajstić information content (AvgIpc) is 2.42. The number of halogens is 3. The third-order valence-electron chi connectivity index (χ3n) is 3.94. The van der Waals surface area contributed by atoms with Crippen LogP contribution in [0.1, 0.15) is 23.7 Å². The maximum Gasteiger partial charge on any atom is 0.256 e. The van der Waals surface area contributed by atoms with Gasteiger partial charge in [0.15, 0.2) is 0 Å². The first-order chi connectivity index (χ1) is 9.43. The normalized spacial score (nSPS) is 22.9. The monoisotopic (exact) mass is 302 g/mol. The Hall–Kier alpha value is -1.20. The summed E-state index contributed by atoms with van der Waals surface area (Å²) in [6.07, 6.45) is 0.811. The van der Waals surface area contributed by atoms with Gasteiger partial charge in [-0.2, -0.15) is 0 Å². The van der Waals surface area contributed by atoms with Crippen LogP contribution >= 0.6 is 11.6 Å². The van der Waals surface area contributed by atoms with Gasteiger partial charge in [0.05, 0.1) is 10.6 Å². The molecule has 1 aliphatic heterocycles. The van der Waals surface area contributed by atoms with Gasteiger partial charge in [0.1, 0.15) is 11.6 Å². The Bertz CT molecular complexity index is 524. The lowest BCUT2D eigenvalue weighted by Gasteiger charge is -2.36. The number of carbonyl (C=O) groups excluding carboxylic acids is 1. The number of rotatable bonds is 2.